The number of nitrogens with zero attached hydrogens (tertiary/aromatic N) is 2. The van der Waals surface area contributed by atoms with E-state index in [0.29, 0.717) is 55.4 Å². The van der Waals surface area contributed by atoms with E-state index >= 15 is 0 Å². The summed E-state index contributed by atoms with van der Waals surface area (Å²) in [5, 5.41) is 3.47. The molecule has 1 fully saturated rings. The fourth-order valence-corrected chi connectivity index (χ4v) is 4.94. The van der Waals surface area contributed by atoms with Gasteiger partial charge in [-0.15, -0.1) is 13.2 Å². The van der Waals surface area contributed by atoms with Crippen molar-refractivity contribution in [1.29, 1.82) is 0 Å². The summed E-state index contributed by atoms with van der Waals surface area (Å²) in [6, 6.07) is 18.8. The number of amides is 1. The number of fused-ring (bicyclic) bond motifs is 1. The lowest BCUT2D eigenvalue weighted by Gasteiger charge is -2.26. The summed E-state index contributed by atoms with van der Waals surface area (Å²) < 4.78 is 53.6. The van der Waals surface area contributed by atoms with Gasteiger partial charge in [-0.2, -0.15) is 0 Å². The molecule has 2 aliphatic heterocycles. The van der Waals surface area contributed by atoms with Gasteiger partial charge < -0.3 is 24.4 Å². The maximum Gasteiger partial charge on any atom is 0.573 e. The molecule has 3 aromatic rings. The van der Waals surface area contributed by atoms with Crippen LogP contribution < -0.4 is 19.7 Å². The predicted octanol–water partition coefficient (Wildman–Crippen LogP) is 5.81. The minimum Gasteiger partial charge on any atom is -0.492 e. The molecule has 7 nitrogen and oxygen atoms in total. The standard InChI is InChI=1S/C30H32F3N3O4/c1-21-12-13-36(27-5-3-2-4-26(27)34-21)29(37)23-8-11-25(22-6-9-24(10-7-22)40-30(31,32)33)28(20-23)39-19-16-35-14-17-38-18-15-35/h2-11,20-21,34H,12-19H2,1H3/t21-/m0/s1. The molecule has 1 atom stereocenters. The molecule has 0 unspecified atom stereocenters. The highest BCUT2D eigenvalue weighted by Crippen LogP contribution is 2.35. The van der Waals surface area contributed by atoms with Crippen molar-refractivity contribution in [1.82, 2.24) is 4.90 Å². The Morgan fingerprint density at radius 3 is 2.52 bits per heavy atom. The minimum absolute atomic E-state index is 0.151. The summed E-state index contributed by atoms with van der Waals surface area (Å²) in [5.74, 6) is 0.0283. The van der Waals surface area contributed by atoms with Crippen molar-refractivity contribution in [3.05, 3.63) is 72.3 Å². The van der Waals surface area contributed by atoms with Crippen molar-refractivity contribution < 1.29 is 32.2 Å². The third kappa shape index (κ3) is 6.86. The third-order valence-corrected chi connectivity index (χ3v) is 7.02. The molecular formula is C30H32F3N3O4. The van der Waals surface area contributed by atoms with Crippen LogP contribution in [0.25, 0.3) is 11.1 Å². The minimum atomic E-state index is -4.77. The average molecular weight is 556 g/mol. The largest absolute Gasteiger partial charge is 0.573 e. The normalized spacial score (nSPS) is 17.9. The predicted molar refractivity (Wildman–Crippen MR) is 147 cm³/mol. The Morgan fingerprint density at radius 1 is 1.02 bits per heavy atom. The van der Waals surface area contributed by atoms with Crippen LogP contribution in [0.15, 0.2) is 66.7 Å². The third-order valence-electron chi connectivity index (χ3n) is 7.02. The summed E-state index contributed by atoms with van der Waals surface area (Å²) in [6.45, 7) is 6.69. The topological polar surface area (TPSA) is 63.3 Å². The van der Waals surface area contributed by atoms with Gasteiger partial charge in [0.05, 0.1) is 24.6 Å². The van der Waals surface area contributed by atoms with Crippen molar-refractivity contribution in [2.45, 2.75) is 25.7 Å². The van der Waals surface area contributed by atoms with E-state index in [9.17, 15) is 18.0 Å². The summed E-state index contributed by atoms with van der Waals surface area (Å²) in [6.07, 6.45) is -3.98. The molecule has 40 heavy (non-hydrogen) atoms. The summed E-state index contributed by atoms with van der Waals surface area (Å²) >= 11 is 0. The van der Waals surface area contributed by atoms with Crippen LogP contribution in [0.1, 0.15) is 23.7 Å². The highest BCUT2D eigenvalue weighted by atomic mass is 19.4. The van der Waals surface area contributed by atoms with Crippen molar-refractivity contribution in [2.24, 2.45) is 0 Å². The van der Waals surface area contributed by atoms with Crippen molar-refractivity contribution in [3.8, 4) is 22.6 Å². The molecule has 1 saturated heterocycles. The highest BCUT2D eigenvalue weighted by molar-refractivity contribution is 6.08. The molecule has 0 aliphatic carbocycles. The first kappa shape index (κ1) is 27.8. The van der Waals surface area contributed by atoms with Gasteiger partial charge in [-0.25, -0.2) is 0 Å². The second-order valence-electron chi connectivity index (χ2n) is 9.89. The molecule has 0 bridgehead atoms. The van der Waals surface area contributed by atoms with E-state index in [1.54, 1.807) is 35.2 Å². The second-order valence-corrected chi connectivity index (χ2v) is 9.89. The van der Waals surface area contributed by atoms with Gasteiger partial charge in [0.1, 0.15) is 18.1 Å². The Bertz CT molecular complexity index is 1310. The number of carbonyl (C=O) groups excluding carboxylic acids is 1. The number of nitrogens with one attached hydrogen (secondary N) is 1. The quantitative estimate of drug-likeness (QED) is 0.397. The van der Waals surface area contributed by atoms with Gasteiger partial charge in [0.2, 0.25) is 0 Å². The smallest absolute Gasteiger partial charge is 0.492 e. The van der Waals surface area contributed by atoms with Crippen LogP contribution in [-0.4, -0.2) is 69.2 Å². The van der Waals surface area contributed by atoms with Gasteiger partial charge in [0, 0.05) is 43.3 Å². The monoisotopic (exact) mass is 555 g/mol. The number of hydrogen-bond donors (Lipinski definition) is 1. The number of ether oxygens (including phenoxy) is 3. The Balaban J connectivity index is 1.42. The first-order valence-electron chi connectivity index (χ1n) is 13.4. The number of morpholine rings is 1. The summed E-state index contributed by atoms with van der Waals surface area (Å²) in [4.78, 5) is 17.8. The molecule has 1 N–H and O–H groups in total. The van der Waals surface area contributed by atoms with E-state index < -0.39 is 6.36 Å². The highest BCUT2D eigenvalue weighted by Gasteiger charge is 2.31. The SMILES string of the molecule is C[C@H]1CCN(C(=O)c2ccc(-c3ccc(OC(F)(F)F)cc3)c(OCCN3CCOCC3)c2)c2ccccc2N1. The number of hydrogen-bond acceptors (Lipinski definition) is 6. The molecular weight excluding hydrogens is 523 g/mol. The molecule has 3 aromatic carbocycles. The van der Waals surface area contributed by atoms with E-state index in [2.05, 4.69) is 21.9 Å². The van der Waals surface area contributed by atoms with Crippen LogP contribution in [0.4, 0.5) is 24.5 Å². The lowest BCUT2D eigenvalue weighted by molar-refractivity contribution is -0.274. The molecule has 0 aromatic heterocycles. The van der Waals surface area contributed by atoms with Crippen LogP contribution in [0.3, 0.4) is 0 Å². The van der Waals surface area contributed by atoms with E-state index in [0.717, 1.165) is 30.9 Å². The number of benzene rings is 3. The van der Waals surface area contributed by atoms with Crippen LogP contribution in [-0.2, 0) is 4.74 Å². The zero-order valence-corrected chi connectivity index (χ0v) is 22.2. The first-order chi connectivity index (χ1) is 19.3. The maximum atomic E-state index is 13.8. The molecule has 2 aliphatic rings. The van der Waals surface area contributed by atoms with Crippen molar-refractivity contribution >= 4 is 17.3 Å². The molecule has 10 heteroatoms. The molecule has 0 radical (unpaired) electrons. The van der Waals surface area contributed by atoms with Gasteiger partial charge in [-0.1, -0.05) is 24.3 Å². The molecule has 212 valence electrons. The molecule has 0 saturated carbocycles. The van der Waals surface area contributed by atoms with Crippen LogP contribution in [0, 0.1) is 0 Å². The van der Waals surface area contributed by atoms with E-state index in [1.165, 1.54) is 12.1 Å². The number of halogens is 3. The zero-order valence-electron chi connectivity index (χ0n) is 22.2. The average Bonchev–Trinajstić information content (AvgIpc) is 3.11. The number of carbonyl (C=O) groups is 1. The fourth-order valence-electron chi connectivity index (χ4n) is 4.94. The molecule has 2 heterocycles. The fraction of sp³-hybridized carbons (Fsp3) is 0.367. The van der Waals surface area contributed by atoms with Gasteiger partial charge >= 0.3 is 6.36 Å². The van der Waals surface area contributed by atoms with Crippen LogP contribution >= 0.6 is 0 Å². The van der Waals surface area contributed by atoms with E-state index in [1.807, 2.05) is 24.3 Å². The van der Waals surface area contributed by atoms with Crippen molar-refractivity contribution in [3.63, 3.8) is 0 Å². The van der Waals surface area contributed by atoms with Gasteiger partial charge in [-0.05, 0) is 61.4 Å². The molecule has 5 rings (SSSR count). The second kappa shape index (κ2) is 12.2. The Hall–Kier alpha value is -3.76. The van der Waals surface area contributed by atoms with Crippen LogP contribution in [0.2, 0.25) is 0 Å². The number of rotatable bonds is 7. The lowest BCUT2D eigenvalue weighted by Crippen LogP contribution is -2.38. The Labute approximate surface area is 231 Å². The zero-order chi connectivity index (χ0) is 28.1. The summed E-state index contributed by atoms with van der Waals surface area (Å²) in [5.41, 5.74) is 3.50. The van der Waals surface area contributed by atoms with Crippen molar-refractivity contribution in [2.75, 3.05) is 56.2 Å². The van der Waals surface area contributed by atoms with Gasteiger partial charge in [-0.3, -0.25) is 9.69 Å². The first-order valence-corrected chi connectivity index (χ1v) is 13.4. The Morgan fingerprint density at radius 2 is 1.77 bits per heavy atom. The van der Waals surface area contributed by atoms with E-state index in [4.69, 9.17) is 9.47 Å². The Kier molecular flexibility index (Phi) is 8.46. The maximum absolute atomic E-state index is 13.8. The molecule has 0 spiro atoms. The van der Waals surface area contributed by atoms with E-state index in [-0.39, 0.29) is 17.7 Å². The number of anilines is 2. The summed E-state index contributed by atoms with van der Waals surface area (Å²) in [7, 11) is 0. The molecule has 1 amide bonds. The van der Waals surface area contributed by atoms with Gasteiger partial charge in [0.25, 0.3) is 5.91 Å². The van der Waals surface area contributed by atoms with Gasteiger partial charge in [0.15, 0.2) is 0 Å². The number of para-hydroxylation sites is 2. The lowest BCUT2D eigenvalue weighted by atomic mass is 10.0. The number of alkyl halides is 3. The van der Waals surface area contributed by atoms with Crippen LogP contribution in [0.5, 0.6) is 11.5 Å².